The van der Waals surface area contributed by atoms with Gasteiger partial charge in [-0.2, -0.15) is 36.5 Å². The number of carbonyl (C=O) groups excluding carboxylic acids is 2. The molecule has 0 aromatic heterocycles. The van der Waals surface area contributed by atoms with Crippen LogP contribution >= 0.6 is 0 Å². The zero-order valence-electron chi connectivity index (χ0n) is 11.4. The Morgan fingerprint density at radius 3 is 2.04 bits per heavy atom. The number of ketones is 1. The number of nitrogens with zero attached hydrogens (tertiary/aromatic N) is 2. The van der Waals surface area contributed by atoms with Crippen molar-refractivity contribution in [2.24, 2.45) is 11.0 Å². The maximum Gasteiger partial charge on any atom is 0.451 e. The Hall–Kier alpha value is -2.39. The van der Waals surface area contributed by atoms with Gasteiger partial charge in [0.15, 0.2) is 0 Å². The zero-order chi connectivity index (χ0) is 17.6. The quantitative estimate of drug-likeness (QED) is 0.614. The van der Waals surface area contributed by atoms with E-state index in [-0.39, 0.29) is 11.4 Å². The number of hydrogen-bond acceptors (Lipinski definition) is 3. The maximum absolute atomic E-state index is 12.5. The number of carbonyl (C=O) groups is 2. The fourth-order valence-electron chi connectivity index (χ4n) is 2.01. The maximum atomic E-state index is 12.5. The number of hydrogen-bond donors (Lipinski definition) is 0. The van der Waals surface area contributed by atoms with Gasteiger partial charge in [-0.05, 0) is 31.2 Å². The number of halogens is 6. The van der Waals surface area contributed by atoms with Crippen LogP contribution in [0, 0.1) is 5.92 Å². The standard InChI is InChI=1S/C13H8F6N2O2/c1-6-9(10(22)13(17,18)19)11(23)21(20-6)8-4-2-7(3-5-8)12(14,15)16/h2-5,9H,1H3. The van der Waals surface area contributed by atoms with E-state index >= 15 is 0 Å². The van der Waals surface area contributed by atoms with E-state index in [2.05, 4.69) is 5.10 Å². The monoisotopic (exact) mass is 338 g/mol. The minimum Gasteiger partial charge on any atom is -0.288 e. The summed E-state index contributed by atoms with van der Waals surface area (Å²) in [5.41, 5.74) is -1.53. The lowest BCUT2D eigenvalue weighted by Gasteiger charge is -2.15. The lowest BCUT2D eigenvalue weighted by atomic mass is 9.98. The van der Waals surface area contributed by atoms with Crippen molar-refractivity contribution < 1.29 is 35.9 Å². The molecule has 0 saturated heterocycles. The molecule has 1 amide bonds. The van der Waals surface area contributed by atoms with Crippen LogP contribution in [-0.4, -0.2) is 23.6 Å². The smallest absolute Gasteiger partial charge is 0.288 e. The van der Waals surface area contributed by atoms with Crippen molar-refractivity contribution in [1.82, 2.24) is 0 Å². The van der Waals surface area contributed by atoms with Crippen LogP contribution in [0.3, 0.4) is 0 Å². The van der Waals surface area contributed by atoms with Gasteiger partial charge in [0.1, 0.15) is 5.92 Å². The molecule has 10 heteroatoms. The molecule has 1 aromatic rings. The second-order valence-electron chi connectivity index (χ2n) is 4.73. The minimum atomic E-state index is -5.22. The van der Waals surface area contributed by atoms with Gasteiger partial charge in [0, 0.05) is 0 Å². The van der Waals surface area contributed by atoms with Crippen molar-refractivity contribution in [3.05, 3.63) is 29.8 Å². The molecule has 124 valence electrons. The molecule has 0 saturated carbocycles. The molecule has 0 radical (unpaired) electrons. The molecule has 0 N–H and O–H groups in total. The highest BCUT2D eigenvalue weighted by Gasteiger charge is 2.51. The lowest BCUT2D eigenvalue weighted by molar-refractivity contribution is -0.174. The molecule has 0 aliphatic carbocycles. The van der Waals surface area contributed by atoms with Gasteiger partial charge < -0.3 is 0 Å². The van der Waals surface area contributed by atoms with Gasteiger partial charge in [0.25, 0.3) is 11.7 Å². The van der Waals surface area contributed by atoms with Crippen molar-refractivity contribution in [2.75, 3.05) is 5.01 Å². The third-order valence-corrected chi connectivity index (χ3v) is 3.11. The highest BCUT2D eigenvalue weighted by atomic mass is 19.4. The first kappa shape index (κ1) is 17.0. The van der Waals surface area contributed by atoms with E-state index in [4.69, 9.17) is 0 Å². The van der Waals surface area contributed by atoms with Gasteiger partial charge in [0.2, 0.25) is 0 Å². The van der Waals surface area contributed by atoms with Crippen LogP contribution in [0.1, 0.15) is 12.5 Å². The third-order valence-electron chi connectivity index (χ3n) is 3.11. The van der Waals surface area contributed by atoms with Gasteiger partial charge >= 0.3 is 12.4 Å². The molecule has 23 heavy (non-hydrogen) atoms. The van der Waals surface area contributed by atoms with Crippen LogP contribution < -0.4 is 5.01 Å². The van der Waals surface area contributed by atoms with Crippen molar-refractivity contribution >= 4 is 23.1 Å². The molecular weight excluding hydrogens is 330 g/mol. The Morgan fingerprint density at radius 2 is 1.61 bits per heavy atom. The summed E-state index contributed by atoms with van der Waals surface area (Å²) in [6, 6.07) is 3.09. The molecule has 0 fully saturated rings. The average molecular weight is 338 g/mol. The molecule has 1 atom stereocenters. The Balaban J connectivity index is 2.30. The highest BCUT2D eigenvalue weighted by Crippen LogP contribution is 2.33. The predicted octanol–water partition coefficient (Wildman–Crippen LogP) is 3.18. The van der Waals surface area contributed by atoms with E-state index in [1.807, 2.05) is 0 Å². The summed E-state index contributed by atoms with van der Waals surface area (Å²) in [5, 5.41) is 4.04. The molecule has 1 aliphatic heterocycles. The van der Waals surface area contributed by atoms with Crippen LogP contribution in [0.5, 0.6) is 0 Å². The van der Waals surface area contributed by atoms with Crippen LogP contribution in [0.25, 0.3) is 0 Å². The van der Waals surface area contributed by atoms with Gasteiger partial charge in [0.05, 0.1) is 17.0 Å². The third kappa shape index (κ3) is 3.20. The number of hydrazone groups is 1. The van der Waals surface area contributed by atoms with E-state index in [0.717, 1.165) is 19.1 Å². The van der Waals surface area contributed by atoms with Crippen LogP contribution in [0.2, 0.25) is 0 Å². The summed E-state index contributed by atoms with van der Waals surface area (Å²) in [7, 11) is 0. The van der Waals surface area contributed by atoms with E-state index in [9.17, 15) is 35.9 Å². The second kappa shape index (κ2) is 5.36. The molecule has 1 aliphatic rings. The van der Waals surface area contributed by atoms with Crippen LogP contribution in [0.15, 0.2) is 29.4 Å². The number of amides is 1. The molecule has 1 aromatic carbocycles. The first-order valence-electron chi connectivity index (χ1n) is 6.10. The number of benzene rings is 1. The Morgan fingerprint density at radius 1 is 1.09 bits per heavy atom. The molecule has 0 bridgehead atoms. The Bertz CT molecular complexity index is 675. The molecule has 0 spiro atoms. The van der Waals surface area contributed by atoms with Crippen molar-refractivity contribution in [1.29, 1.82) is 0 Å². The summed E-state index contributed by atoms with van der Waals surface area (Å²) in [5.74, 6) is -5.64. The molecular formula is C13H8F6N2O2. The van der Waals surface area contributed by atoms with Crippen molar-refractivity contribution in [2.45, 2.75) is 19.3 Å². The molecule has 1 heterocycles. The van der Waals surface area contributed by atoms with E-state index in [0.29, 0.717) is 17.1 Å². The van der Waals surface area contributed by atoms with Gasteiger partial charge in [-0.3, -0.25) is 9.59 Å². The average Bonchev–Trinajstić information content (AvgIpc) is 2.71. The fourth-order valence-corrected chi connectivity index (χ4v) is 2.01. The Labute approximate surface area is 125 Å². The number of anilines is 1. The summed E-state index contributed by atoms with van der Waals surface area (Å²) in [4.78, 5) is 23.2. The molecule has 4 nitrogen and oxygen atoms in total. The van der Waals surface area contributed by atoms with Gasteiger partial charge in [-0.15, -0.1) is 0 Å². The Kier molecular flexibility index (Phi) is 3.95. The van der Waals surface area contributed by atoms with E-state index in [1.165, 1.54) is 0 Å². The first-order chi connectivity index (χ1) is 10.4. The predicted molar refractivity (Wildman–Crippen MR) is 66.6 cm³/mol. The lowest BCUT2D eigenvalue weighted by Crippen LogP contribution is -2.40. The largest absolute Gasteiger partial charge is 0.451 e. The first-order valence-corrected chi connectivity index (χ1v) is 6.10. The number of rotatable bonds is 2. The minimum absolute atomic E-state index is 0.167. The highest BCUT2D eigenvalue weighted by molar-refractivity contribution is 6.28. The van der Waals surface area contributed by atoms with Crippen molar-refractivity contribution in [3.8, 4) is 0 Å². The molecule has 1 unspecified atom stereocenters. The summed E-state index contributed by atoms with van der Waals surface area (Å²) < 4.78 is 74.8. The van der Waals surface area contributed by atoms with Gasteiger partial charge in [-0.1, -0.05) is 0 Å². The number of alkyl halides is 6. The topological polar surface area (TPSA) is 49.7 Å². The second-order valence-corrected chi connectivity index (χ2v) is 4.73. The van der Waals surface area contributed by atoms with Crippen molar-refractivity contribution in [3.63, 3.8) is 0 Å². The summed E-state index contributed by atoms with van der Waals surface area (Å²) >= 11 is 0. The zero-order valence-corrected chi connectivity index (χ0v) is 11.4. The molecule has 2 rings (SSSR count). The van der Waals surface area contributed by atoms with E-state index in [1.54, 1.807) is 0 Å². The summed E-state index contributed by atoms with van der Waals surface area (Å²) in [6.07, 6.45) is -9.81. The summed E-state index contributed by atoms with van der Waals surface area (Å²) in [6.45, 7) is 1.07. The van der Waals surface area contributed by atoms with Crippen LogP contribution in [-0.2, 0) is 15.8 Å². The van der Waals surface area contributed by atoms with E-state index < -0.39 is 35.5 Å². The normalized spacial score (nSPS) is 19.1. The fraction of sp³-hybridized carbons (Fsp3) is 0.308. The SMILES string of the molecule is CC1=NN(c2ccc(C(F)(F)F)cc2)C(=O)C1C(=O)C(F)(F)F. The van der Waals surface area contributed by atoms with Gasteiger partial charge in [-0.25, -0.2) is 0 Å². The van der Waals surface area contributed by atoms with Crippen LogP contribution in [0.4, 0.5) is 32.0 Å². The number of Topliss-reactive ketones (excluding diaryl/α,β-unsaturated/α-hetero) is 1.